The topological polar surface area (TPSA) is 44.8 Å². The molecule has 0 bridgehead atoms. The molecule has 2 atom stereocenters. The van der Waals surface area contributed by atoms with E-state index in [1.807, 2.05) is 11.8 Å². The van der Waals surface area contributed by atoms with E-state index >= 15 is 0 Å². The van der Waals surface area contributed by atoms with Gasteiger partial charge in [-0.05, 0) is 13.8 Å². The van der Waals surface area contributed by atoms with Crippen LogP contribution in [0.15, 0.2) is 0 Å². The number of hydrogen-bond acceptors (Lipinski definition) is 4. The summed E-state index contributed by atoms with van der Waals surface area (Å²) < 4.78 is 5.28. The third-order valence-corrected chi connectivity index (χ3v) is 3.73. The standard InChI is InChI=1S/C12H23N3O2/c1-10-9-13-3-4-15(10)11(2)12(16)14-5-7-17-8-6-14/h10-11,13H,3-9H2,1-2H3. The van der Waals surface area contributed by atoms with Crippen LogP contribution in [-0.4, -0.2) is 73.7 Å². The Bertz CT molecular complexity index is 266. The van der Waals surface area contributed by atoms with Crippen LogP contribution in [0, 0.1) is 0 Å². The van der Waals surface area contributed by atoms with Crippen LogP contribution in [-0.2, 0) is 9.53 Å². The Kier molecular flexibility index (Phi) is 4.36. The molecule has 98 valence electrons. The normalized spacial score (nSPS) is 29.1. The van der Waals surface area contributed by atoms with E-state index < -0.39 is 0 Å². The van der Waals surface area contributed by atoms with Gasteiger partial charge in [0.25, 0.3) is 0 Å². The zero-order chi connectivity index (χ0) is 12.3. The second kappa shape index (κ2) is 5.80. The number of carbonyl (C=O) groups excluding carboxylic acids is 1. The van der Waals surface area contributed by atoms with Crippen molar-refractivity contribution < 1.29 is 9.53 Å². The molecule has 2 unspecified atom stereocenters. The van der Waals surface area contributed by atoms with Crippen molar-refractivity contribution >= 4 is 5.91 Å². The maximum Gasteiger partial charge on any atom is 0.239 e. The Labute approximate surface area is 103 Å². The van der Waals surface area contributed by atoms with Gasteiger partial charge in [-0.3, -0.25) is 9.69 Å². The minimum Gasteiger partial charge on any atom is -0.378 e. The fraction of sp³-hybridized carbons (Fsp3) is 0.917. The molecule has 0 radical (unpaired) electrons. The zero-order valence-electron chi connectivity index (χ0n) is 10.8. The van der Waals surface area contributed by atoms with Crippen molar-refractivity contribution in [2.75, 3.05) is 45.9 Å². The van der Waals surface area contributed by atoms with Gasteiger partial charge in [-0.2, -0.15) is 0 Å². The number of morpholine rings is 1. The average molecular weight is 241 g/mol. The third-order valence-electron chi connectivity index (χ3n) is 3.73. The molecule has 0 aromatic carbocycles. The highest BCUT2D eigenvalue weighted by Crippen LogP contribution is 2.11. The molecule has 0 spiro atoms. The van der Waals surface area contributed by atoms with Gasteiger partial charge < -0.3 is 15.0 Å². The smallest absolute Gasteiger partial charge is 0.239 e. The lowest BCUT2D eigenvalue weighted by Crippen LogP contribution is -2.58. The third kappa shape index (κ3) is 2.97. The first-order valence-electron chi connectivity index (χ1n) is 6.53. The highest BCUT2D eigenvalue weighted by molar-refractivity contribution is 5.81. The summed E-state index contributed by atoms with van der Waals surface area (Å²) in [5, 5.41) is 3.35. The van der Waals surface area contributed by atoms with Crippen LogP contribution in [0.4, 0.5) is 0 Å². The van der Waals surface area contributed by atoms with Gasteiger partial charge in [-0.15, -0.1) is 0 Å². The summed E-state index contributed by atoms with van der Waals surface area (Å²) in [4.78, 5) is 16.6. The van der Waals surface area contributed by atoms with Crippen molar-refractivity contribution in [3.05, 3.63) is 0 Å². The molecular weight excluding hydrogens is 218 g/mol. The number of piperazine rings is 1. The van der Waals surface area contributed by atoms with E-state index in [0.29, 0.717) is 19.3 Å². The maximum atomic E-state index is 12.4. The van der Waals surface area contributed by atoms with Gasteiger partial charge in [0.05, 0.1) is 19.3 Å². The molecule has 5 heteroatoms. The lowest BCUT2D eigenvalue weighted by atomic mass is 10.1. The summed E-state index contributed by atoms with van der Waals surface area (Å²) in [6.45, 7) is 9.94. The first-order valence-corrected chi connectivity index (χ1v) is 6.53. The molecule has 0 aromatic rings. The summed E-state index contributed by atoms with van der Waals surface area (Å²) in [6, 6.07) is 0.425. The van der Waals surface area contributed by atoms with E-state index in [1.54, 1.807) is 0 Å². The van der Waals surface area contributed by atoms with Crippen LogP contribution in [0.3, 0.4) is 0 Å². The predicted octanol–water partition coefficient (Wildman–Crippen LogP) is -0.473. The number of hydrogen-bond donors (Lipinski definition) is 1. The summed E-state index contributed by atoms with van der Waals surface area (Å²) in [7, 11) is 0. The van der Waals surface area contributed by atoms with Gasteiger partial charge in [-0.1, -0.05) is 0 Å². The van der Waals surface area contributed by atoms with Crippen LogP contribution in [0.5, 0.6) is 0 Å². The molecule has 0 saturated carbocycles. The van der Waals surface area contributed by atoms with Crippen molar-refractivity contribution in [1.29, 1.82) is 0 Å². The van der Waals surface area contributed by atoms with Crippen molar-refractivity contribution in [3.63, 3.8) is 0 Å². The number of amides is 1. The molecule has 0 aliphatic carbocycles. The van der Waals surface area contributed by atoms with Crippen LogP contribution in [0.1, 0.15) is 13.8 Å². The summed E-state index contributed by atoms with van der Waals surface area (Å²) >= 11 is 0. The highest BCUT2D eigenvalue weighted by Gasteiger charge is 2.30. The molecule has 0 aromatic heterocycles. The number of rotatable bonds is 2. The molecule has 1 amide bonds. The van der Waals surface area contributed by atoms with Crippen LogP contribution < -0.4 is 5.32 Å². The van der Waals surface area contributed by atoms with E-state index in [4.69, 9.17) is 4.74 Å². The quantitative estimate of drug-likeness (QED) is 0.710. The van der Waals surface area contributed by atoms with E-state index in [1.165, 1.54) is 0 Å². The number of ether oxygens (including phenoxy) is 1. The van der Waals surface area contributed by atoms with Crippen molar-refractivity contribution in [3.8, 4) is 0 Å². The van der Waals surface area contributed by atoms with E-state index in [9.17, 15) is 4.79 Å². The fourth-order valence-electron chi connectivity index (χ4n) is 2.62. The Balaban J connectivity index is 1.92. The lowest BCUT2D eigenvalue weighted by molar-refractivity contribution is -0.141. The van der Waals surface area contributed by atoms with Gasteiger partial charge in [0, 0.05) is 38.8 Å². The zero-order valence-corrected chi connectivity index (χ0v) is 10.8. The largest absolute Gasteiger partial charge is 0.378 e. The van der Waals surface area contributed by atoms with Crippen LogP contribution >= 0.6 is 0 Å². The molecule has 2 aliphatic heterocycles. The lowest BCUT2D eigenvalue weighted by Gasteiger charge is -2.40. The fourth-order valence-corrected chi connectivity index (χ4v) is 2.62. The Morgan fingerprint density at radius 2 is 2.06 bits per heavy atom. The van der Waals surface area contributed by atoms with Crippen LogP contribution in [0.2, 0.25) is 0 Å². The molecule has 2 saturated heterocycles. The van der Waals surface area contributed by atoms with Gasteiger partial charge in [0.15, 0.2) is 0 Å². The van der Waals surface area contributed by atoms with Gasteiger partial charge in [0.1, 0.15) is 0 Å². The minimum atomic E-state index is -0.00907. The monoisotopic (exact) mass is 241 g/mol. The predicted molar refractivity (Wildman–Crippen MR) is 65.9 cm³/mol. The number of nitrogens with one attached hydrogen (secondary N) is 1. The summed E-state index contributed by atoms with van der Waals surface area (Å²) in [5.41, 5.74) is 0. The maximum absolute atomic E-state index is 12.4. The van der Waals surface area contributed by atoms with Gasteiger partial charge >= 0.3 is 0 Å². The van der Waals surface area contributed by atoms with Crippen molar-refractivity contribution in [2.24, 2.45) is 0 Å². The van der Waals surface area contributed by atoms with Crippen molar-refractivity contribution in [2.45, 2.75) is 25.9 Å². The first kappa shape index (κ1) is 12.8. The molecule has 2 fully saturated rings. The molecule has 5 nitrogen and oxygen atoms in total. The number of carbonyl (C=O) groups is 1. The molecule has 1 N–H and O–H groups in total. The molecule has 17 heavy (non-hydrogen) atoms. The van der Waals surface area contributed by atoms with Gasteiger partial charge in [-0.25, -0.2) is 0 Å². The molecule has 2 heterocycles. The summed E-state index contributed by atoms with van der Waals surface area (Å²) in [6.07, 6.45) is 0. The van der Waals surface area contributed by atoms with E-state index in [-0.39, 0.29) is 11.9 Å². The molecule has 2 rings (SSSR count). The molecule has 2 aliphatic rings. The average Bonchev–Trinajstić information content (AvgIpc) is 2.39. The SMILES string of the molecule is CC1CNCCN1C(C)C(=O)N1CCOCC1. The number of nitrogens with zero attached hydrogens (tertiary/aromatic N) is 2. The first-order chi connectivity index (χ1) is 8.20. The molecular formula is C12H23N3O2. The van der Waals surface area contributed by atoms with E-state index in [2.05, 4.69) is 17.1 Å². The Morgan fingerprint density at radius 3 is 2.71 bits per heavy atom. The highest BCUT2D eigenvalue weighted by atomic mass is 16.5. The van der Waals surface area contributed by atoms with Crippen LogP contribution in [0.25, 0.3) is 0 Å². The van der Waals surface area contributed by atoms with E-state index in [0.717, 1.165) is 32.7 Å². The van der Waals surface area contributed by atoms with Crippen molar-refractivity contribution in [1.82, 2.24) is 15.1 Å². The second-order valence-corrected chi connectivity index (χ2v) is 4.90. The summed E-state index contributed by atoms with van der Waals surface area (Å²) in [5.74, 6) is 0.252. The Morgan fingerprint density at radius 1 is 1.35 bits per heavy atom. The van der Waals surface area contributed by atoms with Gasteiger partial charge in [0.2, 0.25) is 5.91 Å². The minimum absolute atomic E-state index is 0.00907. The second-order valence-electron chi connectivity index (χ2n) is 4.90. The Hall–Kier alpha value is -0.650.